The first-order valence-corrected chi connectivity index (χ1v) is 19.1. The topological polar surface area (TPSA) is 11.4 Å². The SMILES string of the molecule is C=C(C)C1=C2CCC(C1)N(C1C=C(N(c3ccccc3)c3ccc4c5ccccc5n(C)c4c3)C=CC1)[C@]13CC=C[C@H](C1)C1CC=CC23C1C. The third kappa shape index (κ3) is 4.02. The van der Waals surface area contributed by atoms with E-state index in [2.05, 4.69) is 157 Å². The lowest BCUT2D eigenvalue weighted by molar-refractivity contribution is -0.114. The molecule has 3 nitrogen and oxygen atoms in total. The number of fused-ring (bicyclic) bond motifs is 8. The number of para-hydroxylation sites is 2. The number of nitrogens with zero attached hydrogens (tertiary/aromatic N) is 3. The highest BCUT2D eigenvalue weighted by Gasteiger charge is 2.68. The summed E-state index contributed by atoms with van der Waals surface area (Å²) in [5.41, 5.74) is 11.0. The summed E-state index contributed by atoms with van der Waals surface area (Å²) in [6, 6.07) is 27.7. The summed E-state index contributed by atoms with van der Waals surface area (Å²) >= 11 is 0. The molecular formula is C47H49N3. The van der Waals surface area contributed by atoms with Gasteiger partial charge >= 0.3 is 0 Å². The highest BCUT2D eigenvalue weighted by molar-refractivity contribution is 6.09. The van der Waals surface area contributed by atoms with Crippen LogP contribution < -0.4 is 4.90 Å². The molecule has 3 heterocycles. The fourth-order valence-corrected chi connectivity index (χ4v) is 12.2. The molecule has 2 fully saturated rings. The fourth-order valence-electron chi connectivity index (χ4n) is 12.2. The summed E-state index contributed by atoms with van der Waals surface area (Å²) in [4.78, 5) is 5.63. The molecule has 1 saturated heterocycles. The molecule has 50 heavy (non-hydrogen) atoms. The van der Waals surface area contributed by atoms with Crippen LogP contribution in [0.15, 0.2) is 144 Å². The monoisotopic (exact) mass is 655 g/mol. The van der Waals surface area contributed by atoms with Crippen molar-refractivity contribution in [3.8, 4) is 0 Å². The van der Waals surface area contributed by atoms with Crippen molar-refractivity contribution in [1.29, 1.82) is 0 Å². The van der Waals surface area contributed by atoms with E-state index in [0.717, 1.165) is 25.2 Å². The normalized spacial score (nSPS) is 32.7. The van der Waals surface area contributed by atoms with Gasteiger partial charge in [-0.1, -0.05) is 97.5 Å². The summed E-state index contributed by atoms with van der Waals surface area (Å²) in [5.74, 6) is 2.00. The predicted octanol–water partition coefficient (Wildman–Crippen LogP) is 11.3. The maximum Gasteiger partial charge on any atom is 0.0509 e. The van der Waals surface area contributed by atoms with Crippen LogP contribution >= 0.6 is 0 Å². The smallest absolute Gasteiger partial charge is 0.0509 e. The van der Waals surface area contributed by atoms with Gasteiger partial charge in [0.05, 0.1) is 5.52 Å². The van der Waals surface area contributed by atoms with Gasteiger partial charge in [0.2, 0.25) is 0 Å². The Labute approximate surface area is 297 Å². The van der Waals surface area contributed by atoms with E-state index in [1.54, 1.807) is 11.1 Å². The van der Waals surface area contributed by atoms with Crippen LogP contribution in [0.3, 0.4) is 0 Å². The number of anilines is 2. The second kappa shape index (κ2) is 11.1. The number of benzene rings is 3. The average Bonchev–Trinajstić information content (AvgIpc) is 3.32. The van der Waals surface area contributed by atoms with Gasteiger partial charge in [0.25, 0.3) is 0 Å². The van der Waals surface area contributed by atoms with Crippen molar-refractivity contribution in [2.24, 2.45) is 30.2 Å². The lowest BCUT2D eigenvalue weighted by Gasteiger charge is -2.67. The van der Waals surface area contributed by atoms with E-state index in [1.807, 2.05) is 0 Å². The Morgan fingerprint density at radius 2 is 1.72 bits per heavy atom. The maximum absolute atomic E-state index is 4.62. The Morgan fingerprint density at radius 3 is 2.58 bits per heavy atom. The first-order valence-electron chi connectivity index (χ1n) is 19.1. The lowest BCUT2D eigenvalue weighted by Crippen LogP contribution is -2.70. The van der Waals surface area contributed by atoms with Crippen molar-refractivity contribution in [2.75, 3.05) is 4.90 Å². The molecule has 7 atom stereocenters. The number of hydrogen-bond donors (Lipinski definition) is 0. The highest BCUT2D eigenvalue weighted by Crippen LogP contribution is 2.70. The maximum atomic E-state index is 4.62. The Morgan fingerprint density at radius 1 is 0.900 bits per heavy atom. The average molecular weight is 656 g/mol. The van der Waals surface area contributed by atoms with Gasteiger partial charge in [-0.2, -0.15) is 0 Å². The predicted molar refractivity (Wildman–Crippen MR) is 209 cm³/mol. The third-order valence-corrected chi connectivity index (χ3v) is 14.1. The van der Waals surface area contributed by atoms with Gasteiger partial charge in [0.15, 0.2) is 0 Å². The first-order chi connectivity index (χ1) is 24.4. The summed E-state index contributed by atoms with van der Waals surface area (Å²) < 4.78 is 2.35. The largest absolute Gasteiger partial charge is 0.344 e. The van der Waals surface area contributed by atoms with E-state index >= 15 is 0 Å². The standard InChI is InChI=1S/C47H49N3/c1-31(2)42-28-38-22-24-43(42)47-26-12-19-39(32(47)3)33-13-11-25-46(47,30-33)50(38)37-17-10-16-35(27-37)49(34-14-6-5-7-15-34)36-21-23-41-40-18-8-9-20-44(40)48(4)45(41)29-36/h5-16,18,20-21,23,26-27,29,32-33,37-39H,1,17,19,22,24-25,28,30H2,2-4H3/t32?,33-,37?,38?,39?,46-,47?/m1/s1. The summed E-state index contributed by atoms with van der Waals surface area (Å²) in [5, 5.41) is 2.62. The Bertz CT molecular complexity index is 2210. The summed E-state index contributed by atoms with van der Waals surface area (Å²) in [7, 11) is 2.20. The molecule has 0 radical (unpaired) electrons. The van der Waals surface area contributed by atoms with Gasteiger partial charge in [-0.25, -0.2) is 0 Å². The molecule has 6 bridgehead atoms. The molecule has 0 amide bonds. The van der Waals surface area contributed by atoms with Crippen LogP contribution in [0.2, 0.25) is 0 Å². The number of aryl methyl sites for hydroxylation is 1. The highest BCUT2D eigenvalue weighted by atomic mass is 15.3. The van der Waals surface area contributed by atoms with Crippen molar-refractivity contribution in [3.05, 3.63) is 144 Å². The molecule has 5 aliphatic carbocycles. The van der Waals surface area contributed by atoms with E-state index in [-0.39, 0.29) is 11.0 Å². The van der Waals surface area contributed by atoms with Crippen molar-refractivity contribution in [3.63, 3.8) is 0 Å². The number of allylic oxidation sites excluding steroid dienone is 4. The number of rotatable bonds is 5. The minimum absolute atomic E-state index is 0.0601. The minimum atomic E-state index is 0.0601. The molecule has 0 N–H and O–H groups in total. The molecule has 5 unspecified atom stereocenters. The van der Waals surface area contributed by atoms with Crippen molar-refractivity contribution in [2.45, 2.75) is 76.4 Å². The van der Waals surface area contributed by atoms with Gasteiger partial charge in [-0.15, -0.1) is 0 Å². The summed E-state index contributed by atoms with van der Waals surface area (Å²) in [6.45, 7) is 9.52. The number of aromatic nitrogens is 1. The zero-order chi connectivity index (χ0) is 33.8. The van der Waals surface area contributed by atoms with Gasteiger partial charge < -0.3 is 9.47 Å². The summed E-state index contributed by atoms with van der Waals surface area (Å²) in [6.07, 6.45) is 26.3. The van der Waals surface area contributed by atoms with Gasteiger partial charge in [0.1, 0.15) is 0 Å². The molecule has 2 aliphatic heterocycles. The molecule has 1 aromatic heterocycles. The zero-order valence-corrected chi connectivity index (χ0v) is 29.9. The fraction of sp³-hybridized carbons (Fsp3) is 0.362. The van der Waals surface area contributed by atoms with E-state index in [0.29, 0.717) is 23.9 Å². The van der Waals surface area contributed by atoms with Crippen LogP contribution in [-0.2, 0) is 7.05 Å². The molecule has 252 valence electrons. The number of hydrogen-bond acceptors (Lipinski definition) is 2. The molecule has 3 aromatic carbocycles. The van der Waals surface area contributed by atoms with E-state index in [1.165, 1.54) is 70.1 Å². The Balaban J connectivity index is 1.14. The molecule has 4 aromatic rings. The van der Waals surface area contributed by atoms with Crippen molar-refractivity contribution in [1.82, 2.24) is 9.47 Å². The van der Waals surface area contributed by atoms with Crippen LogP contribution in [0, 0.1) is 23.2 Å². The van der Waals surface area contributed by atoms with Crippen LogP contribution in [0.25, 0.3) is 21.8 Å². The molecule has 3 heteroatoms. The van der Waals surface area contributed by atoms with Crippen LogP contribution in [-0.4, -0.2) is 27.1 Å². The van der Waals surface area contributed by atoms with Crippen LogP contribution in [0.5, 0.6) is 0 Å². The van der Waals surface area contributed by atoms with Gasteiger partial charge in [0, 0.05) is 63.4 Å². The molecule has 2 spiro atoms. The Hall–Kier alpha value is -4.34. The Kier molecular flexibility index (Phi) is 6.75. The minimum Gasteiger partial charge on any atom is -0.344 e. The van der Waals surface area contributed by atoms with Gasteiger partial charge in [-0.05, 0) is 118 Å². The van der Waals surface area contributed by atoms with Crippen LogP contribution in [0.4, 0.5) is 11.4 Å². The van der Waals surface area contributed by atoms with E-state index in [9.17, 15) is 0 Å². The van der Waals surface area contributed by atoms with Crippen molar-refractivity contribution < 1.29 is 0 Å². The molecule has 7 aliphatic rings. The van der Waals surface area contributed by atoms with E-state index < -0.39 is 0 Å². The quantitative estimate of drug-likeness (QED) is 0.198. The molecule has 11 rings (SSSR count). The second-order valence-corrected chi connectivity index (χ2v) is 16.3. The molecular weight excluding hydrogens is 607 g/mol. The van der Waals surface area contributed by atoms with E-state index in [4.69, 9.17) is 0 Å². The molecule has 1 saturated carbocycles. The third-order valence-electron chi connectivity index (χ3n) is 14.1. The zero-order valence-electron chi connectivity index (χ0n) is 29.9. The second-order valence-electron chi connectivity index (χ2n) is 16.3. The van der Waals surface area contributed by atoms with Gasteiger partial charge in [-0.3, -0.25) is 4.90 Å². The van der Waals surface area contributed by atoms with Crippen LogP contribution in [0.1, 0.15) is 58.8 Å². The van der Waals surface area contributed by atoms with Crippen molar-refractivity contribution >= 4 is 33.2 Å². The lowest BCUT2D eigenvalue weighted by atomic mass is 9.43. The first kappa shape index (κ1) is 30.5.